The number of aromatic amines is 1. The zero-order chi connectivity index (χ0) is 25.3. The van der Waals surface area contributed by atoms with Gasteiger partial charge in [-0.2, -0.15) is 13.8 Å². The Bertz CT molecular complexity index is 1250. The summed E-state index contributed by atoms with van der Waals surface area (Å²) >= 11 is 0. The number of H-pyrrole nitrogens is 1. The Morgan fingerprint density at radius 1 is 1.38 bits per heavy atom. The number of aliphatic hydroxyl groups excluding tert-OH is 1. The molecule has 1 aromatic heterocycles. The number of nitrogens with zero attached hydrogens (tertiary/aromatic N) is 1. The van der Waals surface area contributed by atoms with Crippen molar-refractivity contribution in [3.05, 3.63) is 56.9 Å². The third-order valence-electron chi connectivity index (χ3n) is 5.78. The third kappa shape index (κ3) is 5.53. The van der Waals surface area contributed by atoms with Crippen molar-refractivity contribution in [2.45, 2.75) is 31.7 Å². The molecule has 34 heavy (non-hydrogen) atoms. The minimum absolute atomic E-state index is 0.00178. The summed E-state index contributed by atoms with van der Waals surface area (Å²) in [5, 5.41) is 11.7. The number of halogens is 3. The van der Waals surface area contributed by atoms with Crippen molar-refractivity contribution in [2.75, 3.05) is 29.2 Å². The normalized spacial score (nSPS) is 18.0. The van der Waals surface area contributed by atoms with Crippen LogP contribution in [0.3, 0.4) is 0 Å². The van der Waals surface area contributed by atoms with Gasteiger partial charge in [0.25, 0.3) is 5.92 Å². The van der Waals surface area contributed by atoms with E-state index in [4.69, 9.17) is 16.6 Å². The number of allylic oxidation sites excluding steroid dienone is 1. The van der Waals surface area contributed by atoms with Gasteiger partial charge >= 0.3 is 5.69 Å². The Hall–Kier alpha value is -3.06. The Kier molecular flexibility index (Phi) is 7.26. The number of aliphatic hydroxyl groups is 1. The van der Waals surface area contributed by atoms with Crippen LogP contribution in [0.5, 0.6) is 0 Å². The maximum atomic E-state index is 14.9. The van der Waals surface area contributed by atoms with Gasteiger partial charge in [-0.15, -0.1) is 0 Å². The SMILES string of the molecule is C[C@@H](Nc1nc(=O)[nH]c(N)c1/C=C(\N)C1CCS(=O)(=O)CC1)c1cccc(C(F)(F)CO)c1F. The van der Waals surface area contributed by atoms with E-state index in [9.17, 15) is 26.4 Å². The van der Waals surface area contributed by atoms with E-state index in [-0.39, 0.29) is 40.2 Å². The summed E-state index contributed by atoms with van der Waals surface area (Å²) in [5.74, 6) is -5.35. The second kappa shape index (κ2) is 9.66. The molecule has 2 aromatic rings. The molecule has 0 saturated carbocycles. The molecule has 1 fully saturated rings. The first-order valence-corrected chi connectivity index (χ1v) is 12.3. The summed E-state index contributed by atoms with van der Waals surface area (Å²) in [6, 6.07) is 2.46. The number of hydrogen-bond donors (Lipinski definition) is 5. The smallest absolute Gasteiger partial charge is 0.348 e. The highest BCUT2D eigenvalue weighted by Crippen LogP contribution is 2.34. The molecule has 3 rings (SSSR count). The van der Waals surface area contributed by atoms with E-state index < -0.39 is 45.5 Å². The molecule has 0 bridgehead atoms. The standard InChI is InChI=1S/C21H26F3N5O4S/c1-11(13-3-2-4-15(17(13)22)21(23,24)10-30)27-19-14(18(26)28-20(31)29-19)9-16(25)12-5-7-34(32,33)8-6-12/h2-4,9,11-12,30H,5-8,10,25H2,1H3,(H4,26,27,28,29,31)/b16-9-/t11-/m1/s1. The largest absolute Gasteiger partial charge is 0.402 e. The van der Waals surface area contributed by atoms with Crippen LogP contribution in [0.1, 0.15) is 42.5 Å². The van der Waals surface area contributed by atoms with Crippen molar-refractivity contribution in [3.8, 4) is 0 Å². The monoisotopic (exact) mass is 501 g/mol. The molecule has 7 N–H and O–H groups in total. The predicted octanol–water partition coefficient (Wildman–Crippen LogP) is 1.87. The molecule has 0 radical (unpaired) electrons. The molecule has 1 saturated heterocycles. The van der Waals surface area contributed by atoms with Gasteiger partial charge < -0.3 is 21.9 Å². The van der Waals surface area contributed by atoms with Gasteiger partial charge in [0.2, 0.25) is 0 Å². The van der Waals surface area contributed by atoms with E-state index in [2.05, 4.69) is 15.3 Å². The fourth-order valence-electron chi connectivity index (χ4n) is 3.80. The number of rotatable bonds is 7. The van der Waals surface area contributed by atoms with Gasteiger partial charge in [-0.3, -0.25) is 4.98 Å². The van der Waals surface area contributed by atoms with E-state index in [0.717, 1.165) is 6.07 Å². The van der Waals surface area contributed by atoms with Gasteiger partial charge in [0.05, 0.1) is 28.7 Å². The average Bonchev–Trinajstić information content (AvgIpc) is 2.75. The van der Waals surface area contributed by atoms with E-state index in [1.807, 2.05) is 0 Å². The minimum atomic E-state index is -3.78. The number of sulfone groups is 1. The van der Waals surface area contributed by atoms with E-state index in [1.165, 1.54) is 25.1 Å². The molecule has 1 aliphatic heterocycles. The fraction of sp³-hybridized carbons (Fsp3) is 0.429. The van der Waals surface area contributed by atoms with Crippen molar-refractivity contribution >= 4 is 27.5 Å². The topological polar surface area (TPSA) is 164 Å². The summed E-state index contributed by atoms with van der Waals surface area (Å²) in [6.45, 7) is -0.0841. The minimum Gasteiger partial charge on any atom is -0.402 e. The van der Waals surface area contributed by atoms with Crippen molar-refractivity contribution in [1.82, 2.24) is 9.97 Å². The van der Waals surface area contributed by atoms with Crippen LogP contribution in [0.25, 0.3) is 6.08 Å². The maximum absolute atomic E-state index is 14.9. The summed E-state index contributed by atoms with van der Waals surface area (Å²) in [5.41, 5.74) is 10.8. The summed E-state index contributed by atoms with van der Waals surface area (Å²) in [7, 11) is -3.09. The van der Waals surface area contributed by atoms with E-state index >= 15 is 0 Å². The molecule has 0 aliphatic carbocycles. The molecule has 2 heterocycles. The molecular weight excluding hydrogens is 475 g/mol. The second-order valence-electron chi connectivity index (χ2n) is 8.23. The molecule has 0 spiro atoms. The highest BCUT2D eigenvalue weighted by molar-refractivity contribution is 7.91. The van der Waals surface area contributed by atoms with Crippen molar-refractivity contribution in [1.29, 1.82) is 0 Å². The zero-order valence-corrected chi connectivity index (χ0v) is 19.1. The molecule has 13 heteroatoms. The Morgan fingerprint density at radius 2 is 2.03 bits per heavy atom. The van der Waals surface area contributed by atoms with E-state index in [0.29, 0.717) is 18.5 Å². The first-order chi connectivity index (χ1) is 15.8. The van der Waals surface area contributed by atoms with Crippen molar-refractivity contribution in [3.63, 3.8) is 0 Å². The van der Waals surface area contributed by atoms with Gasteiger partial charge in [0.1, 0.15) is 33.9 Å². The summed E-state index contributed by atoms with van der Waals surface area (Å²) < 4.78 is 66.0. The summed E-state index contributed by atoms with van der Waals surface area (Å²) in [6.07, 6.45) is 2.12. The van der Waals surface area contributed by atoms with Crippen molar-refractivity contribution < 1.29 is 26.7 Å². The average molecular weight is 502 g/mol. The quantitative estimate of drug-likeness (QED) is 0.384. The van der Waals surface area contributed by atoms with Crippen LogP contribution in [0, 0.1) is 11.7 Å². The molecule has 1 aromatic carbocycles. The zero-order valence-electron chi connectivity index (χ0n) is 18.3. The van der Waals surface area contributed by atoms with Crippen LogP contribution >= 0.6 is 0 Å². The van der Waals surface area contributed by atoms with Crippen LogP contribution in [-0.4, -0.2) is 41.6 Å². The van der Waals surface area contributed by atoms with Gasteiger partial charge in [-0.25, -0.2) is 17.6 Å². The number of nitrogens with two attached hydrogens (primary N) is 2. The fourth-order valence-corrected chi connectivity index (χ4v) is 5.29. The highest BCUT2D eigenvalue weighted by atomic mass is 32.2. The first kappa shape index (κ1) is 25.6. The van der Waals surface area contributed by atoms with Crippen LogP contribution in [-0.2, 0) is 15.8 Å². The Balaban J connectivity index is 1.95. The van der Waals surface area contributed by atoms with Crippen LogP contribution in [0.15, 0.2) is 28.7 Å². The number of benzene rings is 1. The lowest BCUT2D eigenvalue weighted by molar-refractivity contribution is -0.0583. The number of hydrogen-bond acceptors (Lipinski definition) is 8. The summed E-state index contributed by atoms with van der Waals surface area (Å²) in [4.78, 5) is 18.1. The number of aromatic nitrogens is 2. The molecule has 1 atom stereocenters. The molecule has 0 amide bonds. The van der Waals surface area contributed by atoms with E-state index in [1.54, 1.807) is 0 Å². The lowest BCUT2D eigenvalue weighted by atomic mass is 9.97. The second-order valence-corrected chi connectivity index (χ2v) is 10.5. The Labute approximate surface area is 194 Å². The number of anilines is 2. The third-order valence-corrected chi connectivity index (χ3v) is 7.49. The first-order valence-electron chi connectivity index (χ1n) is 10.5. The predicted molar refractivity (Wildman–Crippen MR) is 122 cm³/mol. The van der Waals surface area contributed by atoms with Crippen LogP contribution < -0.4 is 22.5 Å². The van der Waals surface area contributed by atoms with Gasteiger partial charge in [-0.05, 0) is 31.9 Å². The lowest BCUT2D eigenvalue weighted by Gasteiger charge is -2.23. The molecular formula is C21H26F3N5O4S. The van der Waals surface area contributed by atoms with Gasteiger partial charge in [0.15, 0.2) is 0 Å². The van der Waals surface area contributed by atoms with Gasteiger partial charge in [-0.1, -0.05) is 12.1 Å². The molecule has 1 aliphatic rings. The van der Waals surface area contributed by atoms with Crippen LogP contribution in [0.4, 0.5) is 24.8 Å². The lowest BCUT2D eigenvalue weighted by Crippen LogP contribution is -2.27. The number of nitrogens with one attached hydrogen (secondary N) is 2. The number of alkyl halides is 2. The number of nitrogen functional groups attached to an aromatic ring is 1. The van der Waals surface area contributed by atoms with Gasteiger partial charge in [0, 0.05) is 17.2 Å². The highest BCUT2D eigenvalue weighted by Gasteiger charge is 2.35. The molecule has 0 unspecified atom stereocenters. The molecule has 9 nitrogen and oxygen atoms in total. The van der Waals surface area contributed by atoms with Crippen molar-refractivity contribution in [2.24, 2.45) is 11.7 Å². The maximum Gasteiger partial charge on any atom is 0.348 e. The Morgan fingerprint density at radius 3 is 2.65 bits per heavy atom. The molecule has 186 valence electrons. The van der Waals surface area contributed by atoms with Crippen LogP contribution in [0.2, 0.25) is 0 Å².